The molecule has 1 aromatic carbocycles. The second-order valence-corrected chi connectivity index (χ2v) is 7.01. The Balaban J connectivity index is 2.12. The lowest BCUT2D eigenvalue weighted by atomic mass is 9.93. The number of nitrogens with zero attached hydrogens (tertiary/aromatic N) is 2. The van der Waals surface area contributed by atoms with Gasteiger partial charge < -0.3 is 4.74 Å². The molecule has 1 heterocycles. The zero-order chi connectivity index (χ0) is 21.2. The smallest absolute Gasteiger partial charge is 0.271 e. The first-order chi connectivity index (χ1) is 14.0. The highest BCUT2D eigenvalue weighted by Gasteiger charge is 2.34. The molecule has 0 unspecified atom stereocenters. The van der Waals surface area contributed by atoms with Crippen LogP contribution in [0.2, 0.25) is 0 Å². The lowest BCUT2D eigenvalue weighted by Crippen LogP contribution is -2.42. The molecule has 0 saturated heterocycles. The first kappa shape index (κ1) is 22.2. The van der Waals surface area contributed by atoms with Crippen molar-refractivity contribution in [1.82, 2.24) is 4.90 Å². The van der Waals surface area contributed by atoms with Gasteiger partial charge in [-0.15, -0.1) is 6.58 Å². The molecule has 152 valence electrons. The Morgan fingerprint density at radius 1 is 1.10 bits per heavy atom. The molecule has 0 atom stereocenters. The van der Waals surface area contributed by atoms with E-state index in [1.807, 2.05) is 30.3 Å². The number of nitriles is 1. The molecule has 5 heteroatoms. The normalized spacial score (nSPS) is 15.6. The van der Waals surface area contributed by atoms with Crippen molar-refractivity contribution in [3.05, 3.63) is 59.2 Å². The van der Waals surface area contributed by atoms with Crippen molar-refractivity contribution >= 4 is 17.9 Å². The van der Waals surface area contributed by atoms with Gasteiger partial charge in [-0.1, -0.05) is 50.8 Å². The molecule has 5 nitrogen and oxygen atoms in total. The summed E-state index contributed by atoms with van der Waals surface area (Å²) in [7, 11) is 0. The lowest BCUT2D eigenvalue weighted by molar-refractivity contribution is -0.139. The monoisotopic (exact) mass is 392 g/mol. The number of carbonyl (C=O) groups excluding carboxylic acids is 2. The van der Waals surface area contributed by atoms with Crippen molar-refractivity contribution in [2.24, 2.45) is 0 Å². The van der Waals surface area contributed by atoms with E-state index in [1.165, 1.54) is 31.8 Å². The highest BCUT2D eigenvalue weighted by Crippen LogP contribution is 2.27. The standard InChI is InChI=1S/C24H28N2O3/c1-4-6-7-8-9-15-29-20-12-10-19(11-13-20)16-21-18(3)22(17-25)24(28)26(14-5-2)23(21)27/h5,10-13,16H,2,4,6-9,14-15H2,1,3H3/b21-16+. The van der Waals surface area contributed by atoms with E-state index in [9.17, 15) is 14.9 Å². The minimum Gasteiger partial charge on any atom is -0.494 e. The van der Waals surface area contributed by atoms with Crippen LogP contribution in [-0.2, 0) is 9.59 Å². The minimum atomic E-state index is -0.574. The van der Waals surface area contributed by atoms with Gasteiger partial charge in [0.2, 0.25) is 0 Å². The Labute approximate surface area is 173 Å². The van der Waals surface area contributed by atoms with Crippen LogP contribution in [0.3, 0.4) is 0 Å². The van der Waals surface area contributed by atoms with Crippen molar-refractivity contribution in [1.29, 1.82) is 5.26 Å². The first-order valence-corrected chi connectivity index (χ1v) is 10.1. The molecule has 1 aromatic rings. The van der Waals surface area contributed by atoms with E-state index in [0.717, 1.165) is 22.6 Å². The lowest BCUT2D eigenvalue weighted by Gasteiger charge is -2.26. The molecule has 0 fully saturated rings. The number of imide groups is 1. The number of hydrogen-bond donors (Lipinski definition) is 0. The summed E-state index contributed by atoms with van der Waals surface area (Å²) in [6, 6.07) is 9.37. The number of unbranched alkanes of at least 4 members (excludes halogenated alkanes) is 4. The van der Waals surface area contributed by atoms with Crippen molar-refractivity contribution in [2.45, 2.75) is 46.0 Å². The van der Waals surface area contributed by atoms with Crippen molar-refractivity contribution < 1.29 is 14.3 Å². The molecular weight excluding hydrogens is 364 g/mol. The fraction of sp³-hybridized carbons (Fsp3) is 0.375. The molecule has 0 aromatic heterocycles. The van der Waals surface area contributed by atoms with Crippen LogP contribution in [0.25, 0.3) is 6.08 Å². The third-order valence-corrected chi connectivity index (χ3v) is 4.84. The molecule has 0 aliphatic carbocycles. The average Bonchev–Trinajstić information content (AvgIpc) is 2.72. The summed E-state index contributed by atoms with van der Waals surface area (Å²) >= 11 is 0. The molecule has 0 bridgehead atoms. The molecule has 0 spiro atoms. The summed E-state index contributed by atoms with van der Waals surface area (Å²) in [6.07, 6.45) is 9.11. The number of benzene rings is 1. The number of amides is 2. The van der Waals surface area contributed by atoms with Gasteiger partial charge in [-0.05, 0) is 42.7 Å². The third kappa shape index (κ3) is 5.68. The molecule has 29 heavy (non-hydrogen) atoms. The molecule has 0 saturated carbocycles. The highest BCUT2D eigenvalue weighted by molar-refractivity contribution is 6.19. The van der Waals surface area contributed by atoms with Crippen LogP contribution >= 0.6 is 0 Å². The van der Waals surface area contributed by atoms with E-state index in [1.54, 1.807) is 13.0 Å². The Morgan fingerprint density at radius 3 is 2.41 bits per heavy atom. The summed E-state index contributed by atoms with van der Waals surface area (Å²) in [6.45, 7) is 8.16. The summed E-state index contributed by atoms with van der Waals surface area (Å²) in [5.74, 6) is -0.209. The molecule has 0 radical (unpaired) electrons. The molecule has 1 aliphatic rings. The summed E-state index contributed by atoms with van der Waals surface area (Å²) in [4.78, 5) is 26.1. The zero-order valence-corrected chi connectivity index (χ0v) is 17.2. The number of rotatable bonds is 10. The fourth-order valence-corrected chi connectivity index (χ4v) is 3.15. The van der Waals surface area contributed by atoms with E-state index in [4.69, 9.17) is 4.74 Å². The van der Waals surface area contributed by atoms with Crippen molar-refractivity contribution in [3.63, 3.8) is 0 Å². The van der Waals surface area contributed by atoms with Gasteiger partial charge in [-0.25, -0.2) is 0 Å². The van der Waals surface area contributed by atoms with Crippen LogP contribution in [0.1, 0.15) is 51.5 Å². The SMILES string of the molecule is C=CCN1C(=O)C(C#N)=C(C)/C(=C\c2ccc(OCCCCCCC)cc2)C1=O. The second-order valence-electron chi connectivity index (χ2n) is 7.01. The average molecular weight is 392 g/mol. The Kier molecular flexibility index (Phi) is 8.42. The second kappa shape index (κ2) is 11.0. The molecular formula is C24H28N2O3. The minimum absolute atomic E-state index is 0.0132. The maximum atomic E-state index is 12.7. The molecule has 0 N–H and O–H groups in total. The van der Waals surface area contributed by atoms with Crippen LogP contribution in [0, 0.1) is 11.3 Å². The Morgan fingerprint density at radius 2 is 1.79 bits per heavy atom. The van der Waals surface area contributed by atoms with E-state index in [-0.39, 0.29) is 12.1 Å². The van der Waals surface area contributed by atoms with Gasteiger partial charge in [0.1, 0.15) is 17.4 Å². The number of carbonyl (C=O) groups is 2. The van der Waals surface area contributed by atoms with Gasteiger partial charge in [0.15, 0.2) is 0 Å². The zero-order valence-electron chi connectivity index (χ0n) is 17.2. The Hall–Kier alpha value is -3.13. The predicted molar refractivity (Wildman–Crippen MR) is 114 cm³/mol. The van der Waals surface area contributed by atoms with E-state index in [0.29, 0.717) is 17.8 Å². The third-order valence-electron chi connectivity index (χ3n) is 4.84. The highest BCUT2D eigenvalue weighted by atomic mass is 16.5. The fourth-order valence-electron chi connectivity index (χ4n) is 3.15. The number of ether oxygens (including phenoxy) is 1. The van der Waals surface area contributed by atoms with E-state index in [2.05, 4.69) is 13.5 Å². The van der Waals surface area contributed by atoms with Gasteiger partial charge in [0.05, 0.1) is 6.61 Å². The van der Waals surface area contributed by atoms with Crippen molar-refractivity contribution in [2.75, 3.05) is 13.2 Å². The summed E-state index contributed by atoms with van der Waals surface area (Å²) in [5, 5.41) is 9.34. The molecule has 2 amide bonds. The van der Waals surface area contributed by atoms with Gasteiger partial charge >= 0.3 is 0 Å². The van der Waals surface area contributed by atoms with Gasteiger partial charge in [0, 0.05) is 12.1 Å². The largest absolute Gasteiger partial charge is 0.494 e. The van der Waals surface area contributed by atoms with E-state index < -0.39 is 11.8 Å². The quantitative estimate of drug-likeness (QED) is 0.248. The Bertz CT molecular complexity index is 857. The van der Waals surface area contributed by atoms with Crippen molar-refractivity contribution in [3.8, 4) is 11.8 Å². The van der Waals surface area contributed by atoms with Gasteiger partial charge in [0.25, 0.3) is 11.8 Å². The first-order valence-electron chi connectivity index (χ1n) is 10.1. The maximum Gasteiger partial charge on any atom is 0.271 e. The van der Waals surface area contributed by atoms with Gasteiger partial charge in [-0.2, -0.15) is 5.26 Å². The maximum absolute atomic E-state index is 12.7. The number of hydrogen-bond acceptors (Lipinski definition) is 4. The van der Waals surface area contributed by atoms with Crippen LogP contribution in [0.4, 0.5) is 0 Å². The van der Waals surface area contributed by atoms with Crippen LogP contribution in [-0.4, -0.2) is 29.9 Å². The van der Waals surface area contributed by atoms with Crippen LogP contribution in [0.15, 0.2) is 53.6 Å². The molecule has 1 aliphatic heterocycles. The topological polar surface area (TPSA) is 70.4 Å². The van der Waals surface area contributed by atoms with Gasteiger partial charge in [-0.3, -0.25) is 14.5 Å². The molecule has 2 rings (SSSR count). The van der Waals surface area contributed by atoms with Crippen LogP contribution in [0.5, 0.6) is 5.75 Å². The predicted octanol–water partition coefficient (Wildman–Crippen LogP) is 4.81. The van der Waals surface area contributed by atoms with Crippen LogP contribution < -0.4 is 4.74 Å². The summed E-state index contributed by atoms with van der Waals surface area (Å²) < 4.78 is 5.77. The summed E-state index contributed by atoms with van der Waals surface area (Å²) in [5.41, 5.74) is 1.52. The van der Waals surface area contributed by atoms with E-state index >= 15 is 0 Å².